The summed E-state index contributed by atoms with van der Waals surface area (Å²) in [7, 11) is 1.57. The number of likely N-dealkylation sites (tertiary alicyclic amines) is 1. The van der Waals surface area contributed by atoms with Crippen molar-refractivity contribution in [1.82, 2.24) is 24.9 Å². The second-order valence-electron chi connectivity index (χ2n) is 11.5. The number of nitrogens with one attached hydrogen (secondary N) is 1. The molecule has 1 aromatic heterocycles. The highest BCUT2D eigenvalue weighted by Crippen LogP contribution is 2.29. The molecular weight excluding hydrogens is 586 g/mol. The average molecular weight is 624 g/mol. The van der Waals surface area contributed by atoms with E-state index in [1.807, 2.05) is 61.5 Å². The van der Waals surface area contributed by atoms with Crippen molar-refractivity contribution in [3.8, 4) is 17.2 Å². The minimum absolute atomic E-state index is 0.165. The average Bonchev–Trinajstić information content (AvgIpc) is 3.52. The van der Waals surface area contributed by atoms with Crippen molar-refractivity contribution >= 4 is 17.7 Å². The Kier molecular flexibility index (Phi) is 9.30. The molecule has 4 bridgehead atoms. The van der Waals surface area contributed by atoms with Gasteiger partial charge in [-0.3, -0.25) is 19.1 Å². The molecular formula is C35H37N5O6. The fourth-order valence-corrected chi connectivity index (χ4v) is 5.77. The van der Waals surface area contributed by atoms with Crippen LogP contribution in [0.5, 0.6) is 17.2 Å². The maximum absolute atomic E-state index is 13.6. The highest BCUT2D eigenvalue weighted by atomic mass is 16.5. The first-order chi connectivity index (χ1) is 22.3. The lowest BCUT2D eigenvalue weighted by atomic mass is 10.0. The minimum Gasteiger partial charge on any atom is -0.494 e. The van der Waals surface area contributed by atoms with Crippen LogP contribution in [0.4, 0.5) is 0 Å². The lowest BCUT2D eigenvalue weighted by molar-refractivity contribution is -0.124. The van der Waals surface area contributed by atoms with Crippen molar-refractivity contribution in [3.63, 3.8) is 0 Å². The topological polar surface area (TPSA) is 115 Å². The van der Waals surface area contributed by atoms with E-state index in [-0.39, 0.29) is 43.5 Å². The third kappa shape index (κ3) is 7.37. The summed E-state index contributed by atoms with van der Waals surface area (Å²) >= 11 is 0. The van der Waals surface area contributed by atoms with Crippen LogP contribution in [0.15, 0.2) is 85.2 Å². The van der Waals surface area contributed by atoms with Gasteiger partial charge in [0, 0.05) is 38.0 Å². The summed E-state index contributed by atoms with van der Waals surface area (Å²) in [4.78, 5) is 43.4. The zero-order valence-electron chi connectivity index (χ0n) is 25.9. The standard InChI is InChI=1S/C35H37N5O6/c1-3-44-29-15-26-16-30(17-29)46-28-11-7-10-25(14-28)23-45-32-12-13-39(21-31(32)37-33(41)22-38(2)34(26)42)35(43)27-18-36-40(20-27)19-24-8-5-4-6-9-24/h4-11,14-18,20,31-32H,3,12-13,19,21-23H2,1-2H3,(H,37,41)/t31-,32+/m0/s1. The third-order valence-corrected chi connectivity index (χ3v) is 8.01. The van der Waals surface area contributed by atoms with E-state index < -0.39 is 6.04 Å². The highest BCUT2D eigenvalue weighted by molar-refractivity contribution is 5.97. The number of carbonyl (C=O) groups is 3. The molecule has 0 spiro atoms. The second kappa shape index (κ2) is 13.9. The molecule has 4 aromatic rings. The number of fused-ring (bicyclic) bond motifs is 5. The van der Waals surface area contributed by atoms with E-state index in [4.69, 9.17) is 14.2 Å². The SMILES string of the molecule is CCOc1cc2cc(c1)C(=O)N(C)CC(=O)N[C@H]1CN(C(=O)c3cnn(Cc4ccccc4)c3)CC[C@H]1OCc1cccc(c1)O2. The number of hydrogen-bond acceptors (Lipinski definition) is 7. The predicted molar refractivity (Wildman–Crippen MR) is 170 cm³/mol. The van der Waals surface area contributed by atoms with Crippen LogP contribution in [0.25, 0.3) is 0 Å². The molecule has 11 nitrogen and oxygen atoms in total. The normalized spacial score (nSPS) is 18.7. The Balaban J connectivity index is 1.21. The molecule has 2 atom stereocenters. The van der Waals surface area contributed by atoms with Gasteiger partial charge < -0.3 is 29.3 Å². The van der Waals surface area contributed by atoms with Crippen LogP contribution in [-0.4, -0.2) is 82.7 Å². The van der Waals surface area contributed by atoms with Crippen molar-refractivity contribution in [3.05, 3.63) is 107 Å². The van der Waals surface area contributed by atoms with Gasteiger partial charge in [0.1, 0.15) is 17.2 Å². The number of benzene rings is 3. The summed E-state index contributed by atoms with van der Waals surface area (Å²) < 4.78 is 19.9. The van der Waals surface area contributed by atoms with Gasteiger partial charge in [-0.1, -0.05) is 42.5 Å². The number of nitrogens with zero attached hydrogens (tertiary/aromatic N) is 4. The predicted octanol–water partition coefficient (Wildman–Crippen LogP) is 4.12. The van der Waals surface area contributed by atoms with Crippen molar-refractivity contribution in [1.29, 1.82) is 0 Å². The molecule has 2 aliphatic rings. The molecule has 3 heterocycles. The Bertz CT molecular complexity index is 1710. The zero-order valence-corrected chi connectivity index (χ0v) is 25.9. The lowest BCUT2D eigenvalue weighted by Gasteiger charge is -2.39. The largest absolute Gasteiger partial charge is 0.494 e. The third-order valence-electron chi connectivity index (χ3n) is 8.01. The Hall–Kier alpha value is -5.16. The Labute approximate surface area is 267 Å². The molecule has 2 aliphatic heterocycles. The van der Waals surface area contributed by atoms with Crippen molar-refractivity contribution < 1.29 is 28.6 Å². The maximum atomic E-state index is 13.6. The molecule has 46 heavy (non-hydrogen) atoms. The monoisotopic (exact) mass is 623 g/mol. The fourth-order valence-electron chi connectivity index (χ4n) is 5.77. The van der Waals surface area contributed by atoms with Crippen LogP contribution in [0.2, 0.25) is 0 Å². The van der Waals surface area contributed by atoms with Gasteiger partial charge in [-0.15, -0.1) is 0 Å². The van der Waals surface area contributed by atoms with Gasteiger partial charge in [-0.2, -0.15) is 5.10 Å². The zero-order chi connectivity index (χ0) is 32.0. The van der Waals surface area contributed by atoms with Crippen molar-refractivity contribution in [2.24, 2.45) is 0 Å². The molecule has 1 N–H and O–H groups in total. The smallest absolute Gasteiger partial charge is 0.257 e. The van der Waals surface area contributed by atoms with Gasteiger partial charge in [0.2, 0.25) is 5.91 Å². The molecule has 0 radical (unpaired) electrons. The summed E-state index contributed by atoms with van der Waals surface area (Å²) in [5.41, 5.74) is 2.78. The Morgan fingerprint density at radius 1 is 1.04 bits per heavy atom. The molecule has 11 heteroatoms. The number of likely N-dealkylation sites (N-methyl/N-ethyl adjacent to an activating group) is 1. The van der Waals surface area contributed by atoms with Gasteiger partial charge in [0.15, 0.2) is 0 Å². The summed E-state index contributed by atoms with van der Waals surface area (Å²) in [5.74, 6) is 0.643. The Morgan fingerprint density at radius 3 is 2.72 bits per heavy atom. The second-order valence-corrected chi connectivity index (χ2v) is 11.5. The summed E-state index contributed by atoms with van der Waals surface area (Å²) in [6.07, 6.45) is 3.49. The molecule has 0 aliphatic carbocycles. The number of ether oxygens (including phenoxy) is 3. The summed E-state index contributed by atoms with van der Waals surface area (Å²) in [6.45, 7) is 3.64. The maximum Gasteiger partial charge on any atom is 0.257 e. The molecule has 238 valence electrons. The molecule has 1 fully saturated rings. The number of carbonyl (C=O) groups excluding carboxylic acids is 3. The van der Waals surface area contributed by atoms with Crippen molar-refractivity contribution in [2.45, 2.75) is 38.6 Å². The number of piperidine rings is 1. The van der Waals surface area contributed by atoms with E-state index in [2.05, 4.69) is 10.4 Å². The molecule has 0 saturated carbocycles. The van der Waals surface area contributed by atoms with Gasteiger partial charge in [-0.25, -0.2) is 0 Å². The minimum atomic E-state index is -0.492. The Morgan fingerprint density at radius 2 is 1.89 bits per heavy atom. The lowest BCUT2D eigenvalue weighted by Crippen LogP contribution is -2.58. The van der Waals surface area contributed by atoms with E-state index in [1.165, 1.54) is 4.90 Å². The van der Waals surface area contributed by atoms with E-state index in [0.29, 0.717) is 54.5 Å². The number of amides is 3. The fraction of sp³-hybridized carbons (Fsp3) is 0.314. The van der Waals surface area contributed by atoms with E-state index in [0.717, 1.165) is 11.1 Å². The van der Waals surface area contributed by atoms with Crippen LogP contribution >= 0.6 is 0 Å². The van der Waals surface area contributed by atoms with Crippen LogP contribution in [-0.2, 0) is 22.7 Å². The van der Waals surface area contributed by atoms with Gasteiger partial charge in [0.05, 0.1) is 50.2 Å². The van der Waals surface area contributed by atoms with E-state index in [9.17, 15) is 14.4 Å². The van der Waals surface area contributed by atoms with Gasteiger partial charge in [0.25, 0.3) is 11.8 Å². The van der Waals surface area contributed by atoms with Crippen LogP contribution in [0.3, 0.4) is 0 Å². The van der Waals surface area contributed by atoms with E-state index >= 15 is 0 Å². The van der Waals surface area contributed by atoms with Gasteiger partial charge >= 0.3 is 0 Å². The number of aromatic nitrogens is 2. The molecule has 3 aromatic carbocycles. The van der Waals surface area contributed by atoms with Crippen LogP contribution < -0.4 is 14.8 Å². The first kappa shape index (κ1) is 30.8. The molecule has 0 unspecified atom stereocenters. The number of hydrogen-bond donors (Lipinski definition) is 1. The van der Waals surface area contributed by atoms with Gasteiger partial charge in [-0.05, 0) is 48.7 Å². The quantitative estimate of drug-likeness (QED) is 0.356. The molecule has 1 saturated heterocycles. The summed E-state index contributed by atoms with van der Waals surface area (Å²) in [5, 5.41) is 7.44. The van der Waals surface area contributed by atoms with Crippen LogP contribution in [0.1, 0.15) is 45.2 Å². The highest BCUT2D eigenvalue weighted by Gasteiger charge is 2.34. The van der Waals surface area contributed by atoms with Crippen LogP contribution in [0, 0.1) is 0 Å². The molecule has 3 amide bonds. The molecule has 6 rings (SSSR count). The first-order valence-electron chi connectivity index (χ1n) is 15.4. The van der Waals surface area contributed by atoms with E-state index in [1.54, 1.807) is 47.2 Å². The number of rotatable bonds is 5. The van der Waals surface area contributed by atoms with Crippen molar-refractivity contribution in [2.75, 3.05) is 33.3 Å². The summed E-state index contributed by atoms with van der Waals surface area (Å²) in [6, 6.07) is 22.0. The first-order valence-corrected chi connectivity index (χ1v) is 15.4.